The Morgan fingerprint density at radius 1 is 1.42 bits per heavy atom. The molecule has 3 atom stereocenters. The zero-order chi connectivity index (χ0) is 8.18. The van der Waals surface area contributed by atoms with Gasteiger partial charge in [-0.2, -0.15) is 0 Å². The average molecular weight is 165 g/mol. The highest BCUT2D eigenvalue weighted by Crippen LogP contribution is 2.60. The highest BCUT2D eigenvalue weighted by molar-refractivity contribution is 5.18. The standard InChI is InChI=1S/C11H19N/c1-2-3-10-8-11-6-4-9(11)5-7-12(10)11/h9-10H,2-8H2,1H3. The molecule has 2 heterocycles. The summed E-state index contributed by atoms with van der Waals surface area (Å²) in [5, 5.41) is 0. The Hall–Kier alpha value is -0.0400. The third kappa shape index (κ3) is 0.654. The summed E-state index contributed by atoms with van der Waals surface area (Å²) in [4.78, 5) is 2.84. The third-order valence-electron chi connectivity index (χ3n) is 4.63. The number of hydrogen-bond donors (Lipinski definition) is 0. The van der Waals surface area contributed by atoms with E-state index in [0.29, 0.717) is 0 Å². The van der Waals surface area contributed by atoms with Crippen LogP contribution in [-0.4, -0.2) is 23.0 Å². The van der Waals surface area contributed by atoms with Crippen LogP contribution < -0.4 is 0 Å². The molecule has 0 bridgehead atoms. The molecule has 0 radical (unpaired) electrons. The van der Waals surface area contributed by atoms with Gasteiger partial charge < -0.3 is 0 Å². The molecule has 0 aromatic heterocycles. The van der Waals surface area contributed by atoms with E-state index < -0.39 is 0 Å². The van der Waals surface area contributed by atoms with Crippen molar-refractivity contribution in [1.82, 2.24) is 4.90 Å². The molecule has 1 nitrogen and oxygen atoms in total. The van der Waals surface area contributed by atoms with Crippen molar-refractivity contribution in [3.63, 3.8) is 0 Å². The fourth-order valence-corrected chi connectivity index (χ4v) is 3.92. The lowest BCUT2D eigenvalue weighted by Crippen LogP contribution is -2.68. The molecule has 1 aliphatic carbocycles. The highest BCUT2D eigenvalue weighted by atomic mass is 15.3. The molecule has 3 fully saturated rings. The SMILES string of the molecule is CCCC1CC23CCC2CCN13. The van der Waals surface area contributed by atoms with Gasteiger partial charge in [0.15, 0.2) is 0 Å². The van der Waals surface area contributed by atoms with Crippen LogP contribution in [0.2, 0.25) is 0 Å². The lowest BCUT2D eigenvalue weighted by Gasteiger charge is -2.62. The molecule has 3 aliphatic rings. The molecule has 0 N–H and O–H groups in total. The maximum atomic E-state index is 2.84. The van der Waals surface area contributed by atoms with E-state index in [4.69, 9.17) is 0 Å². The highest BCUT2D eigenvalue weighted by Gasteiger charge is 2.63. The fourth-order valence-electron chi connectivity index (χ4n) is 3.92. The van der Waals surface area contributed by atoms with E-state index in [1.807, 2.05) is 0 Å². The fraction of sp³-hybridized carbons (Fsp3) is 1.00. The Morgan fingerprint density at radius 2 is 2.33 bits per heavy atom. The second-order valence-corrected chi connectivity index (χ2v) is 4.97. The first kappa shape index (κ1) is 7.37. The van der Waals surface area contributed by atoms with Crippen LogP contribution in [0, 0.1) is 5.92 Å². The lowest BCUT2D eigenvalue weighted by molar-refractivity contribution is -0.116. The normalized spacial score (nSPS) is 50.8. The van der Waals surface area contributed by atoms with Crippen molar-refractivity contribution in [2.45, 2.75) is 57.0 Å². The van der Waals surface area contributed by atoms with Crippen LogP contribution >= 0.6 is 0 Å². The Kier molecular flexibility index (Phi) is 1.39. The summed E-state index contributed by atoms with van der Waals surface area (Å²) in [6.45, 7) is 3.74. The first-order valence-electron chi connectivity index (χ1n) is 5.63. The first-order chi connectivity index (χ1) is 5.87. The van der Waals surface area contributed by atoms with Gasteiger partial charge in [0.2, 0.25) is 0 Å². The maximum absolute atomic E-state index is 2.84. The second kappa shape index (κ2) is 2.25. The largest absolute Gasteiger partial charge is 0.294 e. The van der Waals surface area contributed by atoms with Crippen LogP contribution in [0.4, 0.5) is 0 Å². The zero-order valence-electron chi connectivity index (χ0n) is 8.05. The van der Waals surface area contributed by atoms with Gasteiger partial charge in [0.1, 0.15) is 0 Å². The van der Waals surface area contributed by atoms with Crippen LogP contribution in [0.15, 0.2) is 0 Å². The van der Waals surface area contributed by atoms with E-state index in [0.717, 1.165) is 17.5 Å². The summed E-state index contributed by atoms with van der Waals surface area (Å²) in [6.07, 6.45) is 8.95. The van der Waals surface area contributed by atoms with Crippen molar-refractivity contribution in [2.24, 2.45) is 5.92 Å². The minimum absolute atomic E-state index is 0.778. The maximum Gasteiger partial charge on any atom is 0.0256 e. The Labute approximate surface area is 75.1 Å². The average Bonchev–Trinajstić information content (AvgIpc) is 2.19. The van der Waals surface area contributed by atoms with Gasteiger partial charge in [-0.25, -0.2) is 0 Å². The van der Waals surface area contributed by atoms with Crippen LogP contribution in [0.3, 0.4) is 0 Å². The Bertz CT molecular complexity index is 201. The van der Waals surface area contributed by atoms with Gasteiger partial charge in [-0.1, -0.05) is 13.3 Å². The van der Waals surface area contributed by atoms with Crippen molar-refractivity contribution in [1.29, 1.82) is 0 Å². The molecule has 1 heteroatoms. The van der Waals surface area contributed by atoms with Crippen molar-refractivity contribution >= 4 is 0 Å². The molecular weight excluding hydrogens is 146 g/mol. The van der Waals surface area contributed by atoms with Crippen molar-refractivity contribution < 1.29 is 0 Å². The van der Waals surface area contributed by atoms with E-state index in [-0.39, 0.29) is 0 Å². The number of nitrogens with zero attached hydrogens (tertiary/aromatic N) is 1. The van der Waals surface area contributed by atoms with Gasteiger partial charge >= 0.3 is 0 Å². The predicted molar refractivity (Wildman–Crippen MR) is 50.1 cm³/mol. The van der Waals surface area contributed by atoms with Gasteiger partial charge in [-0.15, -0.1) is 0 Å². The molecule has 12 heavy (non-hydrogen) atoms. The minimum atomic E-state index is 0.778. The zero-order valence-corrected chi connectivity index (χ0v) is 8.05. The monoisotopic (exact) mass is 165 g/mol. The van der Waals surface area contributed by atoms with E-state index in [1.54, 1.807) is 6.42 Å². The number of rotatable bonds is 2. The van der Waals surface area contributed by atoms with E-state index in [1.165, 1.54) is 38.6 Å². The van der Waals surface area contributed by atoms with Crippen LogP contribution in [0.1, 0.15) is 45.4 Å². The van der Waals surface area contributed by atoms with Crippen molar-refractivity contribution in [2.75, 3.05) is 6.54 Å². The Morgan fingerprint density at radius 3 is 3.00 bits per heavy atom. The van der Waals surface area contributed by atoms with Gasteiger partial charge in [-0.3, -0.25) is 4.90 Å². The first-order valence-corrected chi connectivity index (χ1v) is 5.63. The van der Waals surface area contributed by atoms with E-state index in [2.05, 4.69) is 11.8 Å². The summed E-state index contributed by atoms with van der Waals surface area (Å²) < 4.78 is 0. The van der Waals surface area contributed by atoms with Crippen LogP contribution in [0.25, 0.3) is 0 Å². The van der Waals surface area contributed by atoms with Crippen LogP contribution in [-0.2, 0) is 0 Å². The predicted octanol–water partition coefficient (Wildman–Crippen LogP) is 2.41. The summed E-state index contributed by atoms with van der Waals surface area (Å²) in [5.41, 5.74) is 0.778. The molecule has 0 aromatic rings. The van der Waals surface area contributed by atoms with Crippen LogP contribution in [0.5, 0.6) is 0 Å². The summed E-state index contributed by atoms with van der Waals surface area (Å²) in [5.74, 6) is 1.12. The van der Waals surface area contributed by atoms with Crippen molar-refractivity contribution in [3.8, 4) is 0 Å². The quantitative estimate of drug-likeness (QED) is 0.607. The molecule has 1 saturated carbocycles. The summed E-state index contributed by atoms with van der Waals surface area (Å²) in [6, 6.07) is 0.986. The van der Waals surface area contributed by atoms with E-state index in [9.17, 15) is 0 Å². The molecule has 68 valence electrons. The lowest BCUT2D eigenvalue weighted by atomic mass is 9.59. The van der Waals surface area contributed by atoms with Gasteiger partial charge in [-0.05, 0) is 44.6 Å². The molecule has 3 unspecified atom stereocenters. The molecule has 0 amide bonds. The Balaban J connectivity index is 1.71. The van der Waals surface area contributed by atoms with Gasteiger partial charge in [0.25, 0.3) is 0 Å². The molecule has 1 spiro atoms. The molecule has 3 rings (SSSR count). The number of hydrogen-bond acceptors (Lipinski definition) is 1. The van der Waals surface area contributed by atoms with Gasteiger partial charge in [0.05, 0.1) is 0 Å². The minimum Gasteiger partial charge on any atom is -0.294 e. The topological polar surface area (TPSA) is 3.24 Å². The molecular formula is C11H19N. The molecule has 2 aliphatic heterocycles. The van der Waals surface area contributed by atoms with E-state index >= 15 is 0 Å². The van der Waals surface area contributed by atoms with Crippen molar-refractivity contribution in [3.05, 3.63) is 0 Å². The molecule has 2 saturated heterocycles. The van der Waals surface area contributed by atoms with Gasteiger partial charge in [0, 0.05) is 11.6 Å². The summed E-state index contributed by atoms with van der Waals surface area (Å²) in [7, 11) is 0. The second-order valence-electron chi connectivity index (χ2n) is 4.97. The smallest absolute Gasteiger partial charge is 0.0256 e. The molecule has 0 aromatic carbocycles. The third-order valence-corrected chi connectivity index (χ3v) is 4.63. The summed E-state index contributed by atoms with van der Waals surface area (Å²) >= 11 is 0.